The van der Waals surface area contributed by atoms with Crippen LogP contribution in [0.4, 0.5) is 5.69 Å². The van der Waals surface area contributed by atoms with Crippen molar-refractivity contribution >= 4 is 23.4 Å². The summed E-state index contributed by atoms with van der Waals surface area (Å²) >= 11 is 0. The van der Waals surface area contributed by atoms with E-state index < -0.39 is 17.4 Å². The number of hydrogen-bond donors (Lipinski definition) is 2. The number of para-hydroxylation sites is 1. The first-order chi connectivity index (χ1) is 13.1. The number of rotatable bonds is 3. The van der Waals surface area contributed by atoms with Gasteiger partial charge in [0.15, 0.2) is 0 Å². The molecule has 5 rings (SSSR count). The maximum Gasteiger partial charge on any atom is 0.250 e. The third kappa shape index (κ3) is 2.13. The van der Waals surface area contributed by atoms with E-state index >= 15 is 0 Å². The quantitative estimate of drug-likeness (QED) is 0.808. The molecule has 0 bridgehead atoms. The van der Waals surface area contributed by atoms with E-state index in [2.05, 4.69) is 10.6 Å². The Morgan fingerprint density at radius 2 is 1.70 bits per heavy atom. The fourth-order valence-electron chi connectivity index (χ4n) is 4.73. The lowest BCUT2D eigenvalue weighted by Gasteiger charge is -2.28. The van der Waals surface area contributed by atoms with Crippen molar-refractivity contribution in [3.8, 4) is 0 Å². The average Bonchev–Trinajstić information content (AvgIpc) is 3.29. The van der Waals surface area contributed by atoms with Crippen molar-refractivity contribution < 1.29 is 14.4 Å². The summed E-state index contributed by atoms with van der Waals surface area (Å²) in [6.07, 6.45) is 0.612. The van der Waals surface area contributed by atoms with Gasteiger partial charge in [0.2, 0.25) is 17.7 Å². The van der Waals surface area contributed by atoms with Crippen molar-refractivity contribution in [2.45, 2.75) is 12.0 Å². The summed E-state index contributed by atoms with van der Waals surface area (Å²) in [5, 5.41) is 6.08. The van der Waals surface area contributed by atoms with Crippen LogP contribution in [0.1, 0.15) is 11.1 Å². The number of fused-ring (bicyclic) bond motifs is 4. The number of nitrogens with one attached hydrogen (secondary N) is 2. The molecule has 2 aromatic rings. The smallest absolute Gasteiger partial charge is 0.250 e. The molecule has 0 saturated carbocycles. The Labute approximate surface area is 156 Å². The number of hydrogen-bond acceptors (Lipinski definition) is 4. The minimum Gasteiger partial charge on any atom is -0.324 e. The molecule has 2 fully saturated rings. The first kappa shape index (κ1) is 16.2. The second kappa shape index (κ2) is 5.76. The lowest BCUT2D eigenvalue weighted by Crippen LogP contribution is -2.51. The molecule has 6 nitrogen and oxygen atoms in total. The van der Waals surface area contributed by atoms with Crippen LogP contribution in [0.15, 0.2) is 54.6 Å². The van der Waals surface area contributed by atoms with Gasteiger partial charge in [-0.2, -0.15) is 0 Å². The molecule has 0 unspecified atom stereocenters. The molecule has 0 aromatic heterocycles. The maximum atomic E-state index is 13.2. The van der Waals surface area contributed by atoms with E-state index in [9.17, 15) is 14.4 Å². The minimum atomic E-state index is -1.14. The van der Waals surface area contributed by atoms with Gasteiger partial charge in [0, 0.05) is 24.3 Å². The molecule has 3 heterocycles. The van der Waals surface area contributed by atoms with Gasteiger partial charge in [-0.15, -0.1) is 0 Å². The van der Waals surface area contributed by atoms with Crippen molar-refractivity contribution in [1.29, 1.82) is 0 Å². The first-order valence-electron chi connectivity index (χ1n) is 9.18. The molecule has 2 N–H and O–H groups in total. The number of nitrogens with zero attached hydrogens (tertiary/aromatic N) is 1. The third-order valence-corrected chi connectivity index (χ3v) is 6.01. The lowest BCUT2D eigenvalue weighted by atomic mass is 9.77. The maximum absolute atomic E-state index is 13.2. The van der Waals surface area contributed by atoms with E-state index in [-0.39, 0.29) is 17.7 Å². The number of likely N-dealkylation sites (tertiary alicyclic amines) is 1. The van der Waals surface area contributed by atoms with Gasteiger partial charge >= 0.3 is 0 Å². The zero-order valence-corrected chi connectivity index (χ0v) is 14.6. The second-order valence-electron chi connectivity index (χ2n) is 7.34. The van der Waals surface area contributed by atoms with Gasteiger partial charge in [0.05, 0.1) is 11.8 Å². The van der Waals surface area contributed by atoms with Gasteiger partial charge in [0.25, 0.3) is 0 Å². The summed E-state index contributed by atoms with van der Waals surface area (Å²) in [6.45, 7) is 0.673. The van der Waals surface area contributed by atoms with Crippen LogP contribution >= 0.6 is 0 Å². The Balaban J connectivity index is 1.47. The summed E-state index contributed by atoms with van der Waals surface area (Å²) in [5.74, 6) is -1.86. The molecular weight excluding hydrogens is 342 g/mol. The molecule has 0 aliphatic carbocycles. The van der Waals surface area contributed by atoms with E-state index in [1.54, 1.807) is 0 Å². The topological polar surface area (TPSA) is 78.5 Å². The van der Waals surface area contributed by atoms with Crippen LogP contribution in [0.5, 0.6) is 0 Å². The Bertz CT molecular complexity index is 958. The first-order valence-corrected chi connectivity index (χ1v) is 9.18. The summed E-state index contributed by atoms with van der Waals surface area (Å²) in [5.41, 5.74) is 1.40. The fourth-order valence-corrected chi connectivity index (χ4v) is 4.73. The molecule has 3 atom stereocenters. The van der Waals surface area contributed by atoms with Crippen molar-refractivity contribution in [3.63, 3.8) is 0 Å². The predicted octanol–water partition coefficient (Wildman–Crippen LogP) is 1.28. The van der Waals surface area contributed by atoms with E-state index in [0.717, 1.165) is 11.1 Å². The molecule has 3 aliphatic rings. The van der Waals surface area contributed by atoms with Gasteiger partial charge in [-0.1, -0.05) is 48.5 Å². The summed E-state index contributed by atoms with van der Waals surface area (Å²) in [7, 11) is 0. The van der Waals surface area contributed by atoms with E-state index in [4.69, 9.17) is 0 Å². The van der Waals surface area contributed by atoms with Gasteiger partial charge in [-0.05, 0) is 18.1 Å². The standard InChI is InChI=1S/C21H19N3O3/c25-18-14-12-22-21(15-8-4-5-9-16(15)23-20(21)27)17(14)19(26)24(18)11-10-13-6-2-1-3-7-13/h1-9,14,17,22H,10-12H2,(H,23,27)/t14-,17+,21+/m0/s1. The third-order valence-electron chi connectivity index (χ3n) is 6.01. The fraction of sp³-hybridized carbons (Fsp3) is 0.286. The number of anilines is 1. The van der Waals surface area contributed by atoms with E-state index in [1.807, 2.05) is 54.6 Å². The number of imide groups is 1. The Morgan fingerprint density at radius 3 is 2.52 bits per heavy atom. The number of carbonyl (C=O) groups is 3. The highest BCUT2D eigenvalue weighted by atomic mass is 16.2. The van der Waals surface area contributed by atoms with Crippen LogP contribution in [0.2, 0.25) is 0 Å². The van der Waals surface area contributed by atoms with Gasteiger partial charge in [-0.25, -0.2) is 0 Å². The minimum absolute atomic E-state index is 0.178. The number of benzene rings is 2. The lowest BCUT2D eigenvalue weighted by molar-refractivity contribution is -0.142. The van der Waals surface area contributed by atoms with Crippen molar-refractivity contribution in [1.82, 2.24) is 10.2 Å². The largest absolute Gasteiger partial charge is 0.324 e. The SMILES string of the molecule is O=C1[C@H]2CN[C@@]3(C(=O)Nc4ccccc43)[C@H]2C(=O)N1CCc1ccccc1. The highest BCUT2D eigenvalue weighted by Gasteiger charge is 2.67. The number of amides is 3. The molecule has 136 valence electrons. The van der Waals surface area contributed by atoms with Gasteiger partial charge in [0.1, 0.15) is 5.54 Å². The van der Waals surface area contributed by atoms with Crippen LogP contribution in [-0.4, -0.2) is 35.7 Å². The molecule has 3 amide bonds. The molecule has 2 saturated heterocycles. The molecule has 2 aromatic carbocycles. The Morgan fingerprint density at radius 1 is 0.963 bits per heavy atom. The zero-order valence-electron chi connectivity index (χ0n) is 14.6. The molecule has 27 heavy (non-hydrogen) atoms. The Kier molecular flexibility index (Phi) is 3.45. The van der Waals surface area contributed by atoms with E-state index in [1.165, 1.54) is 4.90 Å². The zero-order chi connectivity index (χ0) is 18.6. The highest BCUT2D eigenvalue weighted by Crippen LogP contribution is 2.50. The molecular formula is C21H19N3O3. The molecule has 6 heteroatoms. The van der Waals surface area contributed by atoms with Crippen LogP contribution < -0.4 is 10.6 Å². The Hall–Kier alpha value is -2.99. The predicted molar refractivity (Wildman–Crippen MR) is 98.6 cm³/mol. The van der Waals surface area contributed by atoms with Crippen LogP contribution in [0.3, 0.4) is 0 Å². The van der Waals surface area contributed by atoms with Crippen LogP contribution in [-0.2, 0) is 26.3 Å². The second-order valence-corrected chi connectivity index (χ2v) is 7.34. The van der Waals surface area contributed by atoms with Crippen LogP contribution in [0, 0.1) is 11.8 Å². The monoisotopic (exact) mass is 361 g/mol. The van der Waals surface area contributed by atoms with Crippen molar-refractivity contribution in [2.75, 3.05) is 18.4 Å². The number of carbonyl (C=O) groups excluding carboxylic acids is 3. The summed E-state index contributed by atoms with van der Waals surface area (Å²) in [6, 6.07) is 17.2. The van der Waals surface area contributed by atoms with Gasteiger partial charge in [-0.3, -0.25) is 24.6 Å². The summed E-state index contributed by atoms with van der Waals surface area (Å²) < 4.78 is 0. The highest BCUT2D eigenvalue weighted by molar-refractivity contribution is 6.14. The molecule has 1 spiro atoms. The molecule has 3 aliphatic heterocycles. The average molecular weight is 361 g/mol. The summed E-state index contributed by atoms with van der Waals surface area (Å²) in [4.78, 5) is 40.4. The normalized spacial score (nSPS) is 28.6. The van der Waals surface area contributed by atoms with Crippen molar-refractivity contribution in [2.24, 2.45) is 11.8 Å². The van der Waals surface area contributed by atoms with Gasteiger partial charge < -0.3 is 5.32 Å². The van der Waals surface area contributed by atoms with Crippen molar-refractivity contribution in [3.05, 3.63) is 65.7 Å². The van der Waals surface area contributed by atoms with Crippen LogP contribution in [0.25, 0.3) is 0 Å². The van der Waals surface area contributed by atoms with E-state index in [0.29, 0.717) is 25.2 Å². The molecule has 0 radical (unpaired) electrons.